The van der Waals surface area contributed by atoms with Gasteiger partial charge in [0.05, 0.1) is 30.1 Å². The Hall–Kier alpha value is -5.84. The zero-order chi connectivity index (χ0) is 47.9. The van der Waals surface area contributed by atoms with Crippen LogP contribution in [0.2, 0.25) is 0 Å². The molecule has 1 aliphatic carbocycles. The number of benzene rings is 2. The van der Waals surface area contributed by atoms with E-state index in [2.05, 4.69) is 64.9 Å². The highest BCUT2D eigenvalue weighted by Gasteiger charge is 2.43. The topological polar surface area (TPSA) is 206 Å². The van der Waals surface area contributed by atoms with E-state index in [1.807, 2.05) is 39.0 Å². The first-order valence-corrected chi connectivity index (χ1v) is 23.8. The Morgan fingerprint density at radius 1 is 1.06 bits per heavy atom. The number of aromatic nitrogens is 2. The molecule has 1 unspecified atom stereocenters. The van der Waals surface area contributed by atoms with Crippen molar-refractivity contribution in [3.63, 3.8) is 0 Å². The number of phenolic OH excluding ortho intramolecular Hbond substituents is 1. The highest BCUT2D eigenvalue weighted by Crippen LogP contribution is 2.42. The molecule has 0 spiro atoms. The molecule has 3 fully saturated rings. The molecule has 2 aromatic heterocycles. The summed E-state index contributed by atoms with van der Waals surface area (Å²) in [5, 5.41) is 22.7. The molecule has 5 atom stereocenters. The largest absolute Gasteiger partial charge is 0.508 e. The van der Waals surface area contributed by atoms with Gasteiger partial charge >= 0.3 is 5.97 Å². The number of hydrogen-bond donors (Lipinski definition) is 5. The third kappa shape index (κ3) is 10.1. The van der Waals surface area contributed by atoms with E-state index in [9.17, 15) is 29.1 Å². The number of nitrogens with one attached hydrogen (secondary N) is 4. The lowest BCUT2D eigenvalue weighted by Crippen LogP contribution is -2.62. The third-order valence-corrected chi connectivity index (χ3v) is 13.9. The second-order valence-electron chi connectivity index (χ2n) is 20.0. The van der Waals surface area contributed by atoms with E-state index >= 15 is 0 Å². The molecule has 2 aromatic carbocycles. The van der Waals surface area contributed by atoms with Crippen LogP contribution in [0.25, 0.3) is 33.3 Å². The Kier molecular flexibility index (Phi) is 13.8. The zero-order valence-electron chi connectivity index (χ0n) is 40.0. The summed E-state index contributed by atoms with van der Waals surface area (Å²) >= 11 is 0. The molecule has 4 aliphatic rings. The third-order valence-electron chi connectivity index (χ3n) is 13.9. The minimum absolute atomic E-state index is 0.00110. The molecular formula is C51H66N8O8. The maximum Gasteiger partial charge on any atom is 0.324 e. The van der Waals surface area contributed by atoms with E-state index in [1.165, 1.54) is 9.91 Å². The van der Waals surface area contributed by atoms with Gasteiger partial charge in [-0.1, -0.05) is 39.8 Å². The molecule has 0 radical (unpaired) electrons. The molecule has 4 aromatic rings. The van der Waals surface area contributed by atoms with Crippen molar-refractivity contribution in [1.82, 2.24) is 40.8 Å². The highest BCUT2D eigenvalue weighted by atomic mass is 16.5. The number of nitrogens with zero attached hydrogens (tertiary/aromatic N) is 4. The van der Waals surface area contributed by atoms with E-state index in [-0.39, 0.29) is 67.2 Å². The maximum atomic E-state index is 14.7. The van der Waals surface area contributed by atoms with Gasteiger partial charge in [0.2, 0.25) is 17.7 Å². The predicted molar refractivity (Wildman–Crippen MR) is 253 cm³/mol. The molecule has 358 valence electrons. The van der Waals surface area contributed by atoms with Crippen molar-refractivity contribution in [1.29, 1.82) is 0 Å². The predicted octanol–water partition coefficient (Wildman–Crippen LogP) is 4.80. The van der Waals surface area contributed by atoms with Crippen LogP contribution in [-0.2, 0) is 52.8 Å². The number of likely N-dealkylation sites (N-methyl/N-ethyl adjacent to an activating group) is 1. The van der Waals surface area contributed by atoms with Crippen LogP contribution in [0, 0.1) is 17.3 Å². The molecular weight excluding hydrogens is 853 g/mol. The lowest BCUT2D eigenvalue weighted by Gasteiger charge is -2.40. The molecule has 3 aliphatic heterocycles. The van der Waals surface area contributed by atoms with Crippen molar-refractivity contribution in [2.75, 3.05) is 33.9 Å². The van der Waals surface area contributed by atoms with E-state index in [4.69, 9.17) is 14.5 Å². The van der Waals surface area contributed by atoms with Crippen molar-refractivity contribution in [3.8, 4) is 28.1 Å². The Morgan fingerprint density at radius 3 is 2.52 bits per heavy atom. The second kappa shape index (κ2) is 19.4. The van der Waals surface area contributed by atoms with Crippen LogP contribution in [0.4, 0.5) is 0 Å². The first kappa shape index (κ1) is 47.6. The van der Waals surface area contributed by atoms with Crippen molar-refractivity contribution in [2.45, 2.75) is 123 Å². The molecule has 16 heteroatoms. The number of esters is 1. The van der Waals surface area contributed by atoms with Gasteiger partial charge in [-0.05, 0) is 111 Å². The monoisotopic (exact) mass is 919 g/mol. The van der Waals surface area contributed by atoms with Gasteiger partial charge < -0.3 is 40.0 Å². The van der Waals surface area contributed by atoms with E-state index in [0.717, 1.165) is 44.5 Å². The van der Waals surface area contributed by atoms with Crippen LogP contribution in [-0.4, -0.2) is 118 Å². The van der Waals surface area contributed by atoms with Gasteiger partial charge in [-0.25, -0.2) is 5.43 Å². The number of pyridine rings is 1. The van der Waals surface area contributed by atoms with Crippen LogP contribution in [0.5, 0.6) is 5.75 Å². The number of carbonyl (C=O) groups is 5. The first-order chi connectivity index (χ1) is 32.0. The van der Waals surface area contributed by atoms with Crippen molar-refractivity contribution < 1.29 is 38.6 Å². The quantitative estimate of drug-likeness (QED) is 0.102. The minimum atomic E-state index is -1.15. The van der Waals surface area contributed by atoms with Crippen LogP contribution < -0.4 is 21.4 Å². The summed E-state index contributed by atoms with van der Waals surface area (Å²) < 4.78 is 14.2. The fraction of sp³-hybridized carbons (Fsp3) is 0.529. The van der Waals surface area contributed by atoms with Gasteiger partial charge in [0.15, 0.2) is 0 Å². The summed E-state index contributed by atoms with van der Waals surface area (Å²) in [5.74, 6) is -2.39. The summed E-state index contributed by atoms with van der Waals surface area (Å²) in [5.41, 5.74) is 9.58. The zero-order valence-corrected chi connectivity index (χ0v) is 40.0. The molecule has 16 nitrogen and oxygen atoms in total. The highest BCUT2D eigenvalue weighted by molar-refractivity contribution is 5.96. The number of hydrogen-bond acceptors (Lipinski definition) is 11. The average molecular weight is 919 g/mol. The number of fused-ring (bicyclic) bond motifs is 6. The Morgan fingerprint density at radius 2 is 1.82 bits per heavy atom. The number of methoxy groups -OCH3 is 1. The summed E-state index contributed by atoms with van der Waals surface area (Å²) in [6, 6.07) is 12.3. The number of aromatic hydroxyl groups is 1. The number of phenols is 1. The van der Waals surface area contributed by atoms with E-state index < -0.39 is 41.3 Å². The summed E-state index contributed by atoms with van der Waals surface area (Å²) in [4.78, 5) is 75.5. The van der Waals surface area contributed by atoms with Crippen molar-refractivity contribution >= 4 is 40.5 Å². The summed E-state index contributed by atoms with van der Waals surface area (Å²) in [6.07, 6.45) is 3.96. The molecule has 6 bridgehead atoms. The molecule has 2 saturated heterocycles. The molecule has 8 rings (SSSR count). The smallest absolute Gasteiger partial charge is 0.324 e. The number of rotatable bonds is 11. The minimum Gasteiger partial charge on any atom is -0.508 e. The SMILES string of the molecule is CCn1c(-c2cccnc2[C@H](C)OC)c2c3cc(ccc31)-c1cc(O)cc(c1)C[C@H](NC(=O)C(C(C)C)N(C)C(=O)C1CC(NC(=O)[C@@H]3CN3)C1)C(=O)N1CCC[C@H](N1)C(=O)OCC(C)(C)C2. The summed E-state index contributed by atoms with van der Waals surface area (Å²) in [7, 11) is 3.28. The van der Waals surface area contributed by atoms with Crippen LogP contribution in [0.3, 0.4) is 0 Å². The van der Waals surface area contributed by atoms with Gasteiger partial charge in [-0.15, -0.1) is 0 Å². The number of aryl methyl sites for hydroxylation is 1. The fourth-order valence-corrected chi connectivity index (χ4v) is 10.2. The molecule has 67 heavy (non-hydrogen) atoms. The number of hydrazine groups is 1. The Labute approximate surface area is 392 Å². The van der Waals surface area contributed by atoms with Crippen LogP contribution in [0.15, 0.2) is 54.7 Å². The second-order valence-corrected chi connectivity index (χ2v) is 20.0. The number of ether oxygens (including phenoxy) is 2. The number of amides is 4. The summed E-state index contributed by atoms with van der Waals surface area (Å²) in [6.45, 7) is 13.7. The van der Waals surface area contributed by atoms with Crippen LogP contribution in [0.1, 0.15) is 90.2 Å². The Balaban J connectivity index is 1.16. The molecule has 4 amide bonds. The van der Waals surface area contributed by atoms with Gasteiger partial charge in [0.1, 0.15) is 23.9 Å². The van der Waals surface area contributed by atoms with Crippen molar-refractivity contribution in [2.24, 2.45) is 17.3 Å². The van der Waals surface area contributed by atoms with Gasteiger partial charge in [-0.3, -0.25) is 34.0 Å². The van der Waals surface area contributed by atoms with E-state index in [1.54, 1.807) is 32.5 Å². The van der Waals surface area contributed by atoms with Gasteiger partial charge in [-0.2, -0.15) is 0 Å². The lowest BCUT2D eigenvalue weighted by molar-refractivity contribution is -0.155. The average Bonchev–Trinajstić information content (AvgIpc) is 4.11. The van der Waals surface area contributed by atoms with E-state index in [0.29, 0.717) is 50.8 Å². The lowest BCUT2D eigenvalue weighted by atomic mass is 9.78. The van der Waals surface area contributed by atoms with Crippen molar-refractivity contribution in [3.05, 3.63) is 71.5 Å². The molecule has 5 heterocycles. The standard InChI is InChI=1S/C51H66N8O8/c1-9-58-42-15-14-31-24-37(42)38(45(58)36-12-10-16-52-43(36)29(4)66-8)25-51(5,6)27-67-50(65)39-13-11-17-59(56-39)49(64)40(20-30-18-32(31)23-35(60)19-30)55-47(62)44(28(2)3)57(7)48(63)33-21-34(22-33)54-46(61)41-26-53-41/h10,12,14-16,18-19,23-24,28-29,33-34,39-41,44,53,56,60H,9,11,13,17,20-22,25-27H2,1-8H3,(H,54,61)(H,55,62)/t29-,33?,34?,39-,40-,41-,44?/m0/s1. The van der Waals surface area contributed by atoms with Gasteiger partial charge in [0, 0.05) is 80.3 Å². The number of cyclic esters (lactones) is 1. The van der Waals surface area contributed by atoms with Crippen LogP contribution >= 0.6 is 0 Å². The first-order valence-electron chi connectivity index (χ1n) is 23.8. The number of carbonyl (C=O) groups excluding carboxylic acids is 5. The Bertz CT molecular complexity index is 2540. The maximum absolute atomic E-state index is 14.7. The normalized spacial score (nSPS) is 23.7. The molecule has 5 N–H and O–H groups in total. The fourth-order valence-electron chi connectivity index (χ4n) is 10.2. The molecule has 1 saturated carbocycles. The van der Waals surface area contributed by atoms with Gasteiger partial charge in [0.25, 0.3) is 5.91 Å².